The van der Waals surface area contributed by atoms with Crippen LogP contribution in [0.1, 0.15) is 17.5 Å². The van der Waals surface area contributed by atoms with Gasteiger partial charge in [-0.15, -0.1) is 0 Å². The molecule has 1 atom stereocenters. The summed E-state index contributed by atoms with van der Waals surface area (Å²) in [5.41, 5.74) is 1.44. The topological polar surface area (TPSA) is 59.3 Å². The fourth-order valence-corrected chi connectivity index (χ4v) is 3.75. The van der Waals surface area contributed by atoms with Crippen molar-refractivity contribution >= 4 is 11.3 Å². The molecule has 124 valence electrons. The van der Waals surface area contributed by atoms with Crippen molar-refractivity contribution in [3.63, 3.8) is 0 Å². The fraction of sp³-hybridized carbons (Fsp3) is 0.500. The highest BCUT2D eigenvalue weighted by Crippen LogP contribution is 2.17. The third-order valence-electron chi connectivity index (χ3n) is 4.41. The zero-order valence-corrected chi connectivity index (χ0v) is 14.3. The van der Waals surface area contributed by atoms with E-state index in [0.29, 0.717) is 18.2 Å². The van der Waals surface area contributed by atoms with Gasteiger partial charge in [0.1, 0.15) is 0 Å². The maximum absolute atomic E-state index is 12.4. The molecule has 0 aliphatic carbocycles. The highest BCUT2D eigenvalue weighted by molar-refractivity contribution is 7.07. The lowest BCUT2D eigenvalue weighted by atomic mass is 10.1. The van der Waals surface area contributed by atoms with Crippen LogP contribution in [-0.2, 0) is 27.2 Å². The van der Waals surface area contributed by atoms with Crippen LogP contribution in [0.4, 0.5) is 0 Å². The van der Waals surface area contributed by atoms with Crippen LogP contribution < -0.4 is 16.6 Å². The lowest BCUT2D eigenvalue weighted by Gasteiger charge is -2.28. The Hall–Kier alpha value is -1.70. The average molecular weight is 334 g/mol. The summed E-state index contributed by atoms with van der Waals surface area (Å²) < 4.78 is 2.66. The smallest absolute Gasteiger partial charge is 0.315 e. The molecule has 0 saturated carbocycles. The summed E-state index contributed by atoms with van der Waals surface area (Å²) in [5, 5.41) is 7.61. The molecule has 1 aliphatic heterocycles. The van der Waals surface area contributed by atoms with Crippen molar-refractivity contribution in [2.45, 2.75) is 25.6 Å². The molecule has 0 radical (unpaired) electrons. The van der Waals surface area contributed by atoms with Crippen molar-refractivity contribution < 1.29 is 0 Å². The van der Waals surface area contributed by atoms with Gasteiger partial charge in [0.2, 0.25) is 0 Å². The van der Waals surface area contributed by atoms with Gasteiger partial charge in [0.25, 0.3) is 5.56 Å². The highest BCUT2D eigenvalue weighted by Gasteiger charge is 2.24. The van der Waals surface area contributed by atoms with E-state index < -0.39 is 0 Å². The van der Waals surface area contributed by atoms with Crippen molar-refractivity contribution in [3.8, 4) is 0 Å². The lowest BCUT2D eigenvalue weighted by molar-refractivity contribution is 0.188. The van der Waals surface area contributed by atoms with E-state index in [1.807, 2.05) is 0 Å². The summed E-state index contributed by atoms with van der Waals surface area (Å²) in [6, 6.07) is 2.54. The zero-order chi connectivity index (χ0) is 16.4. The van der Waals surface area contributed by atoms with Crippen molar-refractivity contribution in [1.29, 1.82) is 0 Å². The Balaban J connectivity index is 1.89. The lowest BCUT2D eigenvalue weighted by Crippen LogP contribution is -2.42. The van der Waals surface area contributed by atoms with E-state index in [1.165, 1.54) is 21.7 Å². The van der Waals surface area contributed by atoms with Crippen molar-refractivity contribution in [3.05, 3.63) is 55.0 Å². The number of nitrogens with one attached hydrogen (secondary N) is 1. The summed E-state index contributed by atoms with van der Waals surface area (Å²) in [5.74, 6) is 0. The zero-order valence-electron chi connectivity index (χ0n) is 13.5. The van der Waals surface area contributed by atoms with E-state index >= 15 is 0 Å². The molecule has 1 saturated heterocycles. The molecular weight excluding hydrogens is 312 g/mol. The second-order valence-electron chi connectivity index (χ2n) is 6.10. The molecule has 6 nitrogen and oxygen atoms in total. The Bertz CT molecular complexity index is 772. The van der Waals surface area contributed by atoms with Gasteiger partial charge in [-0.1, -0.05) is 0 Å². The SMILES string of the molecule is Cn1cc(CN(Cc2ccsc2)C2CCNC2)c(=O)n(C)c1=O. The molecule has 0 amide bonds. The van der Waals surface area contributed by atoms with Crippen LogP contribution in [0.5, 0.6) is 0 Å². The van der Waals surface area contributed by atoms with E-state index in [-0.39, 0.29) is 11.2 Å². The van der Waals surface area contributed by atoms with Gasteiger partial charge in [-0.25, -0.2) is 4.79 Å². The first-order chi connectivity index (χ1) is 11.1. The maximum Gasteiger partial charge on any atom is 0.330 e. The van der Waals surface area contributed by atoms with E-state index in [1.54, 1.807) is 24.6 Å². The molecule has 1 fully saturated rings. The van der Waals surface area contributed by atoms with Gasteiger partial charge >= 0.3 is 5.69 Å². The molecule has 0 spiro atoms. The van der Waals surface area contributed by atoms with Gasteiger partial charge in [-0.2, -0.15) is 11.3 Å². The summed E-state index contributed by atoms with van der Waals surface area (Å²) in [4.78, 5) is 26.6. The minimum Gasteiger partial charge on any atom is -0.315 e. The minimum atomic E-state index is -0.286. The van der Waals surface area contributed by atoms with Crippen LogP contribution in [0.15, 0.2) is 32.6 Å². The Morgan fingerprint density at radius 2 is 2.17 bits per heavy atom. The van der Waals surface area contributed by atoms with E-state index in [9.17, 15) is 9.59 Å². The third kappa shape index (κ3) is 3.46. The molecule has 2 aromatic heterocycles. The number of thiophene rings is 1. The summed E-state index contributed by atoms with van der Waals surface area (Å²) in [6.07, 6.45) is 2.75. The highest BCUT2D eigenvalue weighted by atomic mass is 32.1. The van der Waals surface area contributed by atoms with Crippen molar-refractivity contribution in [2.24, 2.45) is 14.1 Å². The first-order valence-corrected chi connectivity index (χ1v) is 8.72. The summed E-state index contributed by atoms with van der Waals surface area (Å²) in [6.45, 7) is 3.33. The second kappa shape index (κ2) is 6.82. The number of hydrogen-bond acceptors (Lipinski definition) is 5. The molecule has 23 heavy (non-hydrogen) atoms. The maximum atomic E-state index is 12.4. The molecule has 1 aliphatic rings. The van der Waals surface area contributed by atoms with E-state index in [0.717, 1.165) is 26.1 Å². The molecule has 1 N–H and O–H groups in total. The molecular formula is C16H22N4O2S. The van der Waals surface area contributed by atoms with Gasteiger partial charge in [-0.3, -0.25) is 14.3 Å². The van der Waals surface area contributed by atoms with Gasteiger partial charge in [0, 0.05) is 51.5 Å². The number of aryl methyl sites for hydroxylation is 1. The van der Waals surface area contributed by atoms with Crippen LogP contribution >= 0.6 is 11.3 Å². The Morgan fingerprint density at radius 1 is 1.35 bits per heavy atom. The molecule has 0 bridgehead atoms. The van der Waals surface area contributed by atoms with Crippen molar-refractivity contribution in [2.75, 3.05) is 13.1 Å². The van der Waals surface area contributed by atoms with Crippen LogP contribution in [0.25, 0.3) is 0 Å². The van der Waals surface area contributed by atoms with Gasteiger partial charge in [0.15, 0.2) is 0 Å². The Morgan fingerprint density at radius 3 is 2.83 bits per heavy atom. The van der Waals surface area contributed by atoms with E-state index in [4.69, 9.17) is 0 Å². The van der Waals surface area contributed by atoms with E-state index in [2.05, 4.69) is 27.0 Å². The number of hydrogen-bond donors (Lipinski definition) is 1. The van der Waals surface area contributed by atoms with Gasteiger partial charge in [0.05, 0.1) is 0 Å². The third-order valence-corrected chi connectivity index (χ3v) is 5.14. The Labute approximate surface area is 139 Å². The Kier molecular flexibility index (Phi) is 4.79. The minimum absolute atomic E-state index is 0.200. The molecule has 3 heterocycles. The predicted octanol–water partition coefficient (Wildman–Crippen LogP) is 0.510. The largest absolute Gasteiger partial charge is 0.330 e. The normalized spacial score (nSPS) is 18.0. The van der Waals surface area contributed by atoms with Crippen LogP contribution in [0.2, 0.25) is 0 Å². The fourth-order valence-electron chi connectivity index (χ4n) is 3.09. The first kappa shape index (κ1) is 16.2. The number of aromatic nitrogens is 2. The first-order valence-electron chi connectivity index (χ1n) is 7.77. The summed E-state index contributed by atoms with van der Waals surface area (Å²) in [7, 11) is 3.22. The van der Waals surface area contributed by atoms with Crippen molar-refractivity contribution in [1.82, 2.24) is 19.4 Å². The number of rotatable bonds is 5. The molecule has 2 aromatic rings. The van der Waals surface area contributed by atoms with Crippen LogP contribution in [0.3, 0.4) is 0 Å². The molecule has 7 heteroatoms. The molecule has 1 unspecified atom stereocenters. The standard InChI is InChI=1S/C16H22N4O2S/c1-18-9-13(15(21)19(2)16(18)22)10-20(14-3-5-17-7-14)8-12-4-6-23-11-12/h4,6,9,11,14,17H,3,5,7-8,10H2,1-2H3. The van der Waals surface area contributed by atoms with Crippen LogP contribution in [0, 0.1) is 0 Å². The quantitative estimate of drug-likeness (QED) is 0.866. The summed E-state index contributed by atoms with van der Waals surface area (Å²) >= 11 is 1.69. The molecule has 3 rings (SSSR count). The number of nitrogens with zero attached hydrogens (tertiary/aromatic N) is 3. The van der Waals surface area contributed by atoms with Crippen LogP contribution in [-0.4, -0.2) is 33.2 Å². The molecule has 0 aromatic carbocycles. The average Bonchev–Trinajstić information content (AvgIpc) is 3.22. The van der Waals surface area contributed by atoms with Gasteiger partial charge < -0.3 is 9.88 Å². The van der Waals surface area contributed by atoms with Gasteiger partial charge in [-0.05, 0) is 35.4 Å². The predicted molar refractivity (Wildman–Crippen MR) is 91.8 cm³/mol. The monoisotopic (exact) mass is 334 g/mol. The second-order valence-corrected chi connectivity index (χ2v) is 6.88.